The van der Waals surface area contributed by atoms with Gasteiger partial charge in [0, 0.05) is 13.6 Å². The minimum Gasteiger partial charge on any atom is -0.344 e. The van der Waals surface area contributed by atoms with Crippen molar-refractivity contribution in [1.29, 1.82) is 0 Å². The molecule has 0 aliphatic carbocycles. The van der Waals surface area contributed by atoms with Crippen LogP contribution in [0.4, 0.5) is 0 Å². The summed E-state index contributed by atoms with van der Waals surface area (Å²) >= 11 is 0. The Balaban J connectivity index is 2.20. The van der Waals surface area contributed by atoms with Crippen molar-refractivity contribution in [3.8, 4) is 0 Å². The molecular weight excluding hydrogens is 224 g/mol. The van der Waals surface area contributed by atoms with Gasteiger partial charge in [-0.25, -0.2) is 0 Å². The van der Waals surface area contributed by atoms with Gasteiger partial charge in [0.05, 0.1) is 6.04 Å². The van der Waals surface area contributed by atoms with Crippen LogP contribution in [0, 0.1) is 0 Å². The van der Waals surface area contributed by atoms with Crippen LogP contribution in [0.2, 0.25) is 0 Å². The molecule has 0 fully saturated rings. The van der Waals surface area contributed by atoms with Crippen LogP contribution in [0.3, 0.4) is 0 Å². The molecule has 0 radical (unpaired) electrons. The van der Waals surface area contributed by atoms with Crippen molar-refractivity contribution >= 4 is 5.91 Å². The maximum Gasteiger partial charge on any atom is 0.239 e. The lowest BCUT2D eigenvalue weighted by Crippen LogP contribution is -2.41. The zero-order valence-electron chi connectivity index (χ0n) is 11.4. The number of carbonyl (C=O) groups excluding carboxylic acids is 1. The smallest absolute Gasteiger partial charge is 0.239 e. The molecule has 3 heteroatoms. The molecule has 2 N–H and O–H groups in total. The Bertz CT molecular complexity index is 351. The maximum atomic E-state index is 11.7. The van der Waals surface area contributed by atoms with Crippen molar-refractivity contribution in [3.63, 3.8) is 0 Å². The number of hydrogen-bond acceptors (Lipinski definition) is 2. The van der Waals surface area contributed by atoms with Gasteiger partial charge in [0.2, 0.25) is 5.91 Å². The van der Waals surface area contributed by atoms with E-state index in [4.69, 9.17) is 5.73 Å². The number of aryl methyl sites for hydroxylation is 1. The summed E-state index contributed by atoms with van der Waals surface area (Å²) in [7, 11) is 1.83. The highest BCUT2D eigenvalue weighted by Gasteiger charge is 2.15. The Morgan fingerprint density at radius 1 is 1.28 bits per heavy atom. The van der Waals surface area contributed by atoms with E-state index in [2.05, 4.69) is 24.3 Å². The number of amides is 1. The molecule has 100 valence electrons. The molecule has 1 atom stereocenters. The molecule has 0 aliphatic heterocycles. The first kappa shape index (κ1) is 14.7. The number of benzene rings is 1. The van der Waals surface area contributed by atoms with Crippen molar-refractivity contribution in [2.75, 3.05) is 13.6 Å². The summed E-state index contributed by atoms with van der Waals surface area (Å²) in [6.07, 6.45) is 3.90. The lowest BCUT2D eigenvalue weighted by atomic mass is 10.1. The van der Waals surface area contributed by atoms with Gasteiger partial charge in [-0.15, -0.1) is 0 Å². The molecule has 0 heterocycles. The molecule has 0 saturated carbocycles. The average molecular weight is 248 g/mol. The third-order valence-electron chi connectivity index (χ3n) is 3.19. The van der Waals surface area contributed by atoms with Gasteiger partial charge in [-0.05, 0) is 31.2 Å². The Hall–Kier alpha value is -1.35. The van der Waals surface area contributed by atoms with Gasteiger partial charge in [0.1, 0.15) is 0 Å². The second kappa shape index (κ2) is 7.88. The van der Waals surface area contributed by atoms with E-state index in [1.54, 1.807) is 4.90 Å². The molecule has 0 unspecified atom stereocenters. The maximum absolute atomic E-state index is 11.7. The Labute approximate surface area is 110 Å². The molecule has 1 amide bonds. The molecule has 0 spiro atoms. The van der Waals surface area contributed by atoms with Crippen LogP contribution in [-0.4, -0.2) is 30.4 Å². The average Bonchev–Trinajstić information content (AvgIpc) is 2.42. The van der Waals surface area contributed by atoms with Crippen LogP contribution in [0.1, 0.15) is 31.7 Å². The number of carbonyl (C=O) groups is 1. The largest absolute Gasteiger partial charge is 0.344 e. The minimum absolute atomic E-state index is 0.0530. The normalized spacial score (nSPS) is 12.2. The van der Waals surface area contributed by atoms with Gasteiger partial charge < -0.3 is 10.6 Å². The molecular formula is C15H24N2O. The predicted molar refractivity (Wildman–Crippen MR) is 75.3 cm³/mol. The van der Waals surface area contributed by atoms with Crippen LogP contribution in [0.15, 0.2) is 30.3 Å². The number of nitrogens with two attached hydrogens (primary N) is 1. The lowest BCUT2D eigenvalue weighted by Gasteiger charge is -2.20. The van der Waals surface area contributed by atoms with E-state index in [1.165, 1.54) is 5.56 Å². The van der Waals surface area contributed by atoms with E-state index in [-0.39, 0.29) is 11.9 Å². The van der Waals surface area contributed by atoms with Crippen LogP contribution in [0.5, 0.6) is 0 Å². The van der Waals surface area contributed by atoms with Gasteiger partial charge in [-0.1, -0.05) is 37.3 Å². The Morgan fingerprint density at radius 3 is 2.56 bits per heavy atom. The number of hydrogen-bond donors (Lipinski definition) is 1. The molecule has 0 bridgehead atoms. The fraction of sp³-hybridized carbons (Fsp3) is 0.533. The van der Waals surface area contributed by atoms with Crippen LogP contribution in [0.25, 0.3) is 0 Å². The third-order valence-corrected chi connectivity index (χ3v) is 3.19. The third kappa shape index (κ3) is 4.88. The molecule has 3 nitrogen and oxygen atoms in total. The fourth-order valence-corrected chi connectivity index (χ4v) is 1.89. The standard InChI is InChI=1S/C15H24N2O/c1-3-14(16)15(18)17(2)12-8-7-11-13-9-5-4-6-10-13/h4-6,9-10,14H,3,7-8,11-12,16H2,1-2H3/t14-/m0/s1. The van der Waals surface area contributed by atoms with Gasteiger partial charge in [-0.3, -0.25) is 4.79 Å². The molecule has 0 saturated heterocycles. The Kier molecular flexibility index (Phi) is 6.44. The van der Waals surface area contributed by atoms with Gasteiger partial charge in [0.15, 0.2) is 0 Å². The number of nitrogens with zero attached hydrogens (tertiary/aromatic N) is 1. The summed E-state index contributed by atoms with van der Waals surface area (Å²) in [6, 6.07) is 10.1. The molecule has 18 heavy (non-hydrogen) atoms. The summed E-state index contributed by atoms with van der Waals surface area (Å²) in [5.41, 5.74) is 7.08. The van der Waals surface area contributed by atoms with E-state index in [1.807, 2.05) is 20.0 Å². The first-order chi connectivity index (χ1) is 8.65. The first-order valence-electron chi connectivity index (χ1n) is 6.69. The number of rotatable bonds is 7. The SMILES string of the molecule is CC[C@H](N)C(=O)N(C)CCCCc1ccccc1. The number of unbranched alkanes of at least 4 members (excludes halogenated alkanes) is 1. The second-order valence-corrected chi connectivity index (χ2v) is 4.72. The minimum atomic E-state index is -0.343. The molecule has 1 rings (SSSR count). The van der Waals surface area contributed by atoms with Gasteiger partial charge in [-0.2, -0.15) is 0 Å². The highest BCUT2D eigenvalue weighted by molar-refractivity contribution is 5.81. The van der Waals surface area contributed by atoms with E-state index < -0.39 is 0 Å². The zero-order chi connectivity index (χ0) is 13.4. The van der Waals surface area contributed by atoms with E-state index in [0.717, 1.165) is 25.8 Å². The quantitative estimate of drug-likeness (QED) is 0.752. The summed E-state index contributed by atoms with van der Waals surface area (Å²) in [6.45, 7) is 2.73. The van der Waals surface area contributed by atoms with Crippen LogP contribution < -0.4 is 5.73 Å². The van der Waals surface area contributed by atoms with Crippen molar-refractivity contribution in [2.24, 2.45) is 5.73 Å². The van der Waals surface area contributed by atoms with E-state index in [0.29, 0.717) is 6.42 Å². The summed E-state index contributed by atoms with van der Waals surface area (Å²) in [5, 5.41) is 0. The zero-order valence-corrected chi connectivity index (χ0v) is 11.4. The fourth-order valence-electron chi connectivity index (χ4n) is 1.89. The molecule has 0 aliphatic rings. The van der Waals surface area contributed by atoms with Crippen molar-refractivity contribution in [2.45, 2.75) is 38.6 Å². The van der Waals surface area contributed by atoms with E-state index in [9.17, 15) is 4.79 Å². The summed E-state index contributed by atoms with van der Waals surface area (Å²) in [4.78, 5) is 13.5. The summed E-state index contributed by atoms with van der Waals surface area (Å²) < 4.78 is 0. The first-order valence-corrected chi connectivity index (χ1v) is 6.69. The highest BCUT2D eigenvalue weighted by Crippen LogP contribution is 2.05. The highest BCUT2D eigenvalue weighted by atomic mass is 16.2. The molecule has 0 aromatic heterocycles. The van der Waals surface area contributed by atoms with Crippen LogP contribution >= 0.6 is 0 Å². The van der Waals surface area contributed by atoms with Crippen molar-refractivity contribution < 1.29 is 4.79 Å². The van der Waals surface area contributed by atoms with E-state index >= 15 is 0 Å². The monoisotopic (exact) mass is 248 g/mol. The van der Waals surface area contributed by atoms with Crippen LogP contribution in [-0.2, 0) is 11.2 Å². The summed E-state index contributed by atoms with van der Waals surface area (Å²) in [5.74, 6) is 0.0530. The second-order valence-electron chi connectivity index (χ2n) is 4.72. The topological polar surface area (TPSA) is 46.3 Å². The van der Waals surface area contributed by atoms with Crippen molar-refractivity contribution in [1.82, 2.24) is 4.90 Å². The van der Waals surface area contributed by atoms with Gasteiger partial charge in [0.25, 0.3) is 0 Å². The molecule has 1 aromatic carbocycles. The molecule has 1 aromatic rings. The van der Waals surface area contributed by atoms with Gasteiger partial charge >= 0.3 is 0 Å². The van der Waals surface area contributed by atoms with Crippen molar-refractivity contribution in [3.05, 3.63) is 35.9 Å². The lowest BCUT2D eigenvalue weighted by molar-refractivity contribution is -0.131. The predicted octanol–water partition coefficient (Wildman–Crippen LogP) is 2.21. The number of likely N-dealkylation sites (N-methyl/N-ethyl adjacent to an activating group) is 1. The Morgan fingerprint density at radius 2 is 1.94 bits per heavy atom.